The zero-order valence-corrected chi connectivity index (χ0v) is 15.8. The maximum atomic E-state index is 12.6. The van der Waals surface area contributed by atoms with Crippen LogP contribution in [0.3, 0.4) is 0 Å². The molecule has 0 bridgehead atoms. The number of carbonyl (C=O) groups is 2. The van der Waals surface area contributed by atoms with Crippen LogP contribution in [0.2, 0.25) is 0 Å². The van der Waals surface area contributed by atoms with Crippen LogP contribution in [0, 0.1) is 0 Å². The minimum Gasteiger partial charge on any atom is -0.372 e. The number of hydrogen-bond acceptors (Lipinski definition) is 4. The van der Waals surface area contributed by atoms with E-state index >= 15 is 0 Å². The quantitative estimate of drug-likeness (QED) is 0.697. The molecule has 1 aliphatic rings. The van der Waals surface area contributed by atoms with E-state index in [-0.39, 0.29) is 17.8 Å². The first kappa shape index (κ1) is 18.8. The minimum absolute atomic E-state index is 0.0527. The van der Waals surface area contributed by atoms with Gasteiger partial charge >= 0.3 is 0 Å². The molecule has 1 unspecified atom stereocenters. The lowest BCUT2D eigenvalue weighted by Crippen LogP contribution is -3.12. The third-order valence-electron chi connectivity index (χ3n) is 4.54. The van der Waals surface area contributed by atoms with Crippen LogP contribution in [0.25, 0.3) is 0 Å². The molecule has 26 heavy (non-hydrogen) atoms. The van der Waals surface area contributed by atoms with Gasteiger partial charge in [0.1, 0.15) is 19.2 Å². The summed E-state index contributed by atoms with van der Waals surface area (Å²) in [7, 11) is 0. The molecule has 0 aliphatic carbocycles. The van der Waals surface area contributed by atoms with E-state index in [1.54, 1.807) is 29.5 Å². The Hall–Kier alpha value is -2.02. The van der Waals surface area contributed by atoms with E-state index in [2.05, 4.69) is 16.8 Å². The molecule has 0 spiro atoms. The monoisotopic (exact) mass is 373 g/mol. The third kappa shape index (κ3) is 5.24. The molecule has 0 saturated carbocycles. The molecule has 138 valence electrons. The zero-order chi connectivity index (χ0) is 18.4. The number of rotatable bonds is 8. The van der Waals surface area contributed by atoms with Crippen molar-refractivity contribution in [2.24, 2.45) is 0 Å². The normalized spacial score (nSPS) is 17.8. The number of thiophene rings is 1. The molecule has 0 radical (unpaired) electrons. The molecule has 1 amide bonds. The maximum absolute atomic E-state index is 12.6. The average Bonchev–Trinajstić information content (AvgIpc) is 3.29. The number of ketones is 1. The number of anilines is 1. The van der Waals surface area contributed by atoms with Crippen LogP contribution in [-0.2, 0) is 16.1 Å². The number of hydrogen-bond donors (Lipinski definition) is 2. The summed E-state index contributed by atoms with van der Waals surface area (Å²) in [6.45, 7) is 4.30. The Balaban J connectivity index is 1.65. The molecule has 2 atom stereocenters. The fraction of sp³-hybridized carbons (Fsp3) is 0.400. The lowest BCUT2D eigenvalue weighted by Gasteiger charge is -2.21. The van der Waals surface area contributed by atoms with E-state index in [1.165, 1.54) is 16.7 Å². The van der Waals surface area contributed by atoms with Gasteiger partial charge in [0.05, 0.1) is 10.6 Å². The number of quaternary nitrogens is 1. The number of para-hydroxylation sites is 1. The summed E-state index contributed by atoms with van der Waals surface area (Å²) in [5.74, 6) is -0.133. The van der Waals surface area contributed by atoms with Gasteiger partial charge in [0.2, 0.25) is 0 Å². The molecule has 1 aliphatic heterocycles. The summed E-state index contributed by atoms with van der Waals surface area (Å²) < 4.78 is 5.76. The molecular formula is C20H25N2O3S+. The van der Waals surface area contributed by atoms with Crippen LogP contribution in [0.5, 0.6) is 0 Å². The first-order valence-corrected chi connectivity index (χ1v) is 9.87. The second-order valence-corrected chi connectivity index (χ2v) is 7.70. The number of nitrogens with one attached hydrogen (secondary N) is 2. The van der Waals surface area contributed by atoms with Crippen molar-refractivity contribution in [2.75, 3.05) is 25.0 Å². The standard InChI is InChI=1S/C20H24N2O3S/c1-15(23)18-8-2-3-9-19(18)21-20(24)14-22(12-16-6-4-10-25-16)13-17-7-5-11-26-17/h2-3,5,7-9,11,16H,4,6,10,12-14H2,1H3,(H,21,24)/p+1/t16-/m0/s1. The Morgan fingerprint density at radius 3 is 2.81 bits per heavy atom. The fourth-order valence-corrected chi connectivity index (χ4v) is 4.09. The van der Waals surface area contributed by atoms with Crippen LogP contribution in [-0.4, -0.2) is 37.5 Å². The van der Waals surface area contributed by atoms with Crippen LogP contribution in [0.1, 0.15) is 35.0 Å². The van der Waals surface area contributed by atoms with Gasteiger partial charge < -0.3 is 15.0 Å². The lowest BCUT2D eigenvalue weighted by molar-refractivity contribution is -0.908. The molecule has 1 aromatic carbocycles. The second-order valence-electron chi connectivity index (χ2n) is 6.67. The Bertz CT molecular complexity index is 739. The van der Waals surface area contributed by atoms with E-state index in [9.17, 15) is 9.59 Å². The zero-order valence-electron chi connectivity index (χ0n) is 15.0. The molecule has 1 saturated heterocycles. The van der Waals surface area contributed by atoms with Crippen LogP contribution < -0.4 is 10.2 Å². The Labute approximate surface area is 158 Å². The van der Waals surface area contributed by atoms with Crippen molar-refractivity contribution in [3.63, 3.8) is 0 Å². The number of ether oxygens (including phenoxy) is 1. The van der Waals surface area contributed by atoms with Gasteiger partial charge in [0.25, 0.3) is 5.91 Å². The summed E-state index contributed by atoms with van der Waals surface area (Å²) in [5, 5.41) is 4.97. The molecule has 1 aromatic heterocycles. The van der Waals surface area contributed by atoms with Crippen molar-refractivity contribution in [3.8, 4) is 0 Å². The van der Waals surface area contributed by atoms with E-state index in [4.69, 9.17) is 4.74 Å². The van der Waals surface area contributed by atoms with Crippen LogP contribution in [0.15, 0.2) is 41.8 Å². The number of Topliss-reactive ketones (excluding diaryl/α,β-unsaturated/α-hetero) is 1. The number of benzene rings is 1. The topological polar surface area (TPSA) is 59.8 Å². The highest BCUT2D eigenvalue weighted by atomic mass is 32.1. The molecule has 1 fully saturated rings. The van der Waals surface area contributed by atoms with Crippen molar-refractivity contribution in [1.29, 1.82) is 0 Å². The highest BCUT2D eigenvalue weighted by Crippen LogP contribution is 2.15. The van der Waals surface area contributed by atoms with Gasteiger partial charge in [-0.3, -0.25) is 9.59 Å². The molecule has 5 nitrogen and oxygen atoms in total. The molecule has 2 heterocycles. The van der Waals surface area contributed by atoms with E-state index < -0.39 is 0 Å². The van der Waals surface area contributed by atoms with Gasteiger partial charge in [-0.2, -0.15) is 0 Å². The predicted octanol–water partition coefficient (Wildman–Crippen LogP) is 2.15. The van der Waals surface area contributed by atoms with Gasteiger partial charge in [0.15, 0.2) is 12.3 Å². The van der Waals surface area contributed by atoms with Gasteiger partial charge in [-0.05, 0) is 43.3 Å². The third-order valence-corrected chi connectivity index (χ3v) is 5.41. The SMILES string of the molecule is CC(=O)c1ccccc1NC(=O)C[NH+](Cc1cccs1)C[C@@H]1CCCO1. The highest BCUT2D eigenvalue weighted by Gasteiger charge is 2.24. The summed E-state index contributed by atoms with van der Waals surface area (Å²) >= 11 is 1.71. The number of amides is 1. The van der Waals surface area contributed by atoms with Crippen molar-refractivity contribution in [2.45, 2.75) is 32.4 Å². The van der Waals surface area contributed by atoms with Gasteiger partial charge in [0, 0.05) is 12.2 Å². The maximum Gasteiger partial charge on any atom is 0.279 e. The van der Waals surface area contributed by atoms with Gasteiger partial charge in [-0.25, -0.2) is 0 Å². The summed E-state index contributed by atoms with van der Waals surface area (Å²) in [6.07, 6.45) is 2.37. The second kappa shape index (κ2) is 9.07. The Kier molecular flexibility index (Phi) is 6.55. The first-order chi connectivity index (χ1) is 12.6. The largest absolute Gasteiger partial charge is 0.372 e. The average molecular weight is 373 g/mol. The van der Waals surface area contributed by atoms with E-state index in [0.29, 0.717) is 17.8 Å². The van der Waals surface area contributed by atoms with Crippen LogP contribution >= 0.6 is 11.3 Å². The Morgan fingerprint density at radius 1 is 1.27 bits per heavy atom. The number of carbonyl (C=O) groups excluding carboxylic acids is 2. The van der Waals surface area contributed by atoms with Crippen molar-refractivity contribution in [1.82, 2.24) is 0 Å². The van der Waals surface area contributed by atoms with E-state index in [1.807, 2.05) is 12.1 Å². The van der Waals surface area contributed by atoms with Crippen LogP contribution in [0.4, 0.5) is 5.69 Å². The summed E-state index contributed by atoms with van der Waals surface area (Å²) in [5.41, 5.74) is 1.12. The van der Waals surface area contributed by atoms with Crippen molar-refractivity contribution >= 4 is 28.7 Å². The van der Waals surface area contributed by atoms with E-state index in [0.717, 1.165) is 32.5 Å². The Morgan fingerprint density at radius 2 is 2.12 bits per heavy atom. The predicted molar refractivity (Wildman–Crippen MR) is 103 cm³/mol. The van der Waals surface area contributed by atoms with Crippen molar-refractivity contribution in [3.05, 3.63) is 52.2 Å². The molecular weight excluding hydrogens is 348 g/mol. The smallest absolute Gasteiger partial charge is 0.279 e. The van der Waals surface area contributed by atoms with Gasteiger partial charge in [-0.1, -0.05) is 18.2 Å². The lowest BCUT2D eigenvalue weighted by atomic mass is 10.1. The molecule has 2 aromatic rings. The summed E-state index contributed by atoms with van der Waals surface area (Å²) in [4.78, 5) is 26.8. The summed E-state index contributed by atoms with van der Waals surface area (Å²) in [6, 6.07) is 11.3. The molecule has 6 heteroatoms. The molecule has 3 rings (SSSR count). The first-order valence-electron chi connectivity index (χ1n) is 8.99. The van der Waals surface area contributed by atoms with Crippen molar-refractivity contribution < 1.29 is 19.2 Å². The minimum atomic E-state index is -0.0803. The van der Waals surface area contributed by atoms with Gasteiger partial charge in [-0.15, -0.1) is 11.3 Å². The highest BCUT2D eigenvalue weighted by molar-refractivity contribution is 7.09. The fourth-order valence-electron chi connectivity index (χ4n) is 3.31. The molecule has 2 N–H and O–H groups in total.